The van der Waals surface area contributed by atoms with Crippen molar-refractivity contribution in [2.75, 3.05) is 26.7 Å². The molecule has 18 heavy (non-hydrogen) atoms. The summed E-state index contributed by atoms with van der Waals surface area (Å²) in [6, 6.07) is 0. The Labute approximate surface area is 107 Å². The SMILES string of the molecule is CC(OCC1CCN(C)CC1)N1C(=O)C=CC1=O. The highest BCUT2D eigenvalue weighted by molar-refractivity contribution is 6.13. The number of hydrogen-bond donors (Lipinski definition) is 0. The molecule has 100 valence electrons. The van der Waals surface area contributed by atoms with E-state index in [0.717, 1.165) is 30.8 Å². The number of imide groups is 1. The van der Waals surface area contributed by atoms with E-state index < -0.39 is 6.23 Å². The molecule has 5 heteroatoms. The van der Waals surface area contributed by atoms with Gasteiger partial charge in [0.1, 0.15) is 6.23 Å². The molecular formula is C13H20N2O3. The number of rotatable bonds is 4. The standard InChI is InChI=1S/C13H20N2O3/c1-10(15-12(16)3-4-13(15)17)18-9-11-5-7-14(2)8-6-11/h3-4,10-11H,5-9H2,1-2H3. The summed E-state index contributed by atoms with van der Waals surface area (Å²) in [7, 11) is 2.12. The minimum absolute atomic E-state index is 0.282. The molecule has 2 heterocycles. The maximum Gasteiger partial charge on any atom is 0.255 e. The van der Waals surface area contributed by atoms with E-state index in [0.29, 0.717) is 12.5 Å². The van der Waals surface area contributed by atoms with E-state index in [1.54, 1.807) is 6.92 Å². The van der Waals surface area contributed by atoms with Crippen molar-refractivity contribution in [2.24, 2.45) is 5.92 Å². The van der Waals surface area contributed by atoms with Crippen molar-refractivity contribution in [2.45, 2.75) is 26.0 Å². The van der Waals surface area contributed by atoms with Crippen molar-refractivity contribution in [1.29, 1.82) is 0 Å². The van der Waals surface area contributed by atoms with Gasteiger partial charge in [-0.1, -0.05) is 0 Å². The highest BCUT2D eigenvalue weighted by Crippen LogP contribution is 2.18. The first kappa shape index (κ1) is 13.2. The zero-order valence-electron chi connectivity index (χ0n) is 11.0. The lowest BCUT2D eigenvalue weighted by atomic mass is 9.98. The summed E-state index contributed by atoms with van der Waals surface area (Å²) in [6.07, 6.45) is 4.34. The van der Waals surface area contributed by atoms with Gasteiger partial charge in [0.25, 0.3) is 11.8 Å². The molecule has 0 aromatic heterocycles. The van der Waals surface area contributed by atoms with E-state index in [9.17, 15) is 9.59 Å². The van der Waals surface area contributed by atoms with Crippen LogP contribution in [0.5, 0.6) is 0 Å². The zero-order chi connectivity index (χ0) is 13.1. The molecule has 0 spiro atoms. The van der Waals surface area contributed by atoms with Crippen LogP contribution in [0.15, 0.2) is 12.2 Å². The van der Waals surface area contributed by atoms with Crippen LogP contribution in [0.3, 0.4) is 0 Å². The van der Waals surface area contributed by atoms with Gasteiger partial charge in [-0.05, 0) is 45.8 Å². The smallest absolute Gasteiger partial charge is 0.255 e. The molecule has 1 unspecified atom stereocenters. The Morgan fingerprint density at radius 2 is 1.83 bits per heavy atom. The number of carbonyl (C=O) groups is 2. The zero-order valence-corrected chi connectivity index (χ0v) is 11.0. The molecule has 2 aliphatic heterocycles. The summed E-state index contributed by atoms with van der Waals surface area (Å²) in [6.45, 7) is 4.54. The van der Waals surface area contributed by atoms with Gasteiger partial charge in [-0.15, -0.1) is 0 Å². The van der Waals surface area contributed by atoms with Crippen molar-refractivity contribution < 1.29 is 14.3 Å². The monoisotopic (exact) mass is 252 g/mol. The van der Waals surface area contributed by atoms with Gasteiger partial charge in [0.05, 0.1) is 6.61 Å². The third kappa shape index (κ3) is 2.97. The summed E-state index contributed by atoms with van der Waals surface area (Å²) in [5.41, 5.74) is 0. The van der Waals surface area contributed by atoms with Crippen LogP contribution in [0, 0.1) is 5.92 Å². The second kappa shape index (κ2) is 5.63. The molecule has 2 aliphatic rings. The summed E-state index contributed by atoms with van der Waals surface area (Å²) < 4.78 is 5.67. The molecule has 1 atom stereocenters. The van der Waals surface area contributed by atoms with Crippen LogP contribution in [0.25, 0.3) is 0 Å². The fourth-order valence-corrected chi connectivity index (χ4v) is 2.35. The molecule has 0 aromatic carbocycles. The number of piperidine rings is 1. The van der Waals surface area contributed by atoms with Crippen molar-refractivity contribution in [3.63, 3.8) is 0 Å². The Morgan fingerprint density at radius 3 is 2.39 bits per heavy atom. The van der Waals surface area contributed by atoms with Gasteiger partial charge in [-0.25, -0.2) is 4.90 Å². The first-order chi connectivity index (χ1) is 8.58. The lowest BCUT2D eigenvalue weighted by Crippen LogP contribution is -2.41. The topological polar surface area (TPSA) is 49.9 Å². The van der Waals surface area contributed by atoms with Gasteiger partial charge >= 0.3 is 0 Å². The number of hydrogen-bond acceptors (Lipinski definition) is 4. The van der Waals surface area contributed by atoms with Gasteiger partial charge in [0.2, 0.25) is 0 Å². The summed E-state index contributed by atoms with van der Waals surface area (Å²) in [4.78, 5) is 26.4. The van der Waals surface area contributed by atoms with Crippen LogP contribution in [-0.2, 0) is 14.3 Å². The third-order valence-corrected chi connectivity index (χ3v) is 3.62. The molecule has 0 aromatic rings. The van der Waals surface area contributed by atoms with E-state index in [1.165, 1.54) is 12.2 Å². The first-order valence-electron chi connectivity index (χ1n) is 6.43. The second-order valence-corrected chi connectivity index (χ2v) is 5.06. The molecule has 0 N–H and O–H groups in total. The molecule has 2 amide bonds. The predicted molar refractivity (Wildman–Crippen MR) is 66.6 cm³/mol. The first-order valence-corrected chi connectivity index (χ1v) is 6.43. The Balaban J connectivity index is 1.76. The summed E-state index contributed by atoms with van der Waals surface area (Å²) in [5, 5.41) is 0. The minimum Gasteiger partial charge on any atom is -0.358 e. The van der Waals surface area contributed by atoms with Crippen LogP contribution in [0.1, 0.15) is 19.8 Å². The number of nitrogens with zero attached hydrogens (tertiary/aromatic N) is 2. The number of carbonyl (C=O) groups excluding carboxylic acids is 2. The molecular weight excluding hydrogens is 232 g/mol. The highest BCUT2D eigenvalue weighted by atomic mass is 16.5. The Hall–Kier alpha value is -1.20. The molecule has 2 rings (SSSR count). The van der Waals surface area contributed by atoms with Gasteiger partial charge in [-0.2, -0.15) is 0 Å². The van der Waals surface area contributed by atoms with Gasteiger partial charge in [0.15, 0.2) is 0 Å². The van der Waals surface area contributed by atoms with Crippen LogP contribution in [0.2, 0.25) is 0 Å². The Kier molecular flexibility index (Phi) is 4.14. The van der Waals surface area contributed by atoms with Crippen molar-refractivity contribution >= 4 is 11.8 Å². The van der Waals surface area contributed by atoms with Crippen LogP contribution < -0.4 is 0 Å². The lowest BCUT2D eigenvalue weighted by molar-refractivity contribution is -0.152. The number of ether oxygens (including phenoxy) is 1. The Bertz CT molecular complexity index is 341. The maximum atomic E-state index is 11.5. The normalized spacial score (nSPS) is 24.0. The maximum absolute atomic E-state index is 11.5. The average Bonchev–Trinajstić information content (AvgIpc) is 2.68. The molecule has 1 saturated heterocycles. The van der Waals surface area contributed by atoms with Crippen molar-refractivity contribution in [1.82, 2.24) is 9.80 Å². The molecule has 1 fully saturated rings. The average molecular weight is 252 g/mol. The summed E-state index contributed by atoms with van der Waals surface area (Å²) >= 11 is 0. The molecule has 5 nitrogen and oxygen atoms in total. The summed E-state index contributed by atoms with van der Waals surface area (Å²) in [5.74, 6) is -0.0313. The number of amides is 2. The fraction of sp³-hybridized carbons (Fsp3) is 0.692. The molecule has 0 radical (unpaired) electrons. The second-order valence-electron chi connectivity index (χ2n) is 5.06. The van der Waals surface area contributed by atoms with Gasteiger partial charge in [-0.3, -0.25) is 9.59 Å². The van der Waals surface area contributed by atoms with Gasteiger partial charge < -0.3 is 9.64 Å². The van der Waals surface area contributed by atoms with Crippen LogP contribution in [-0.4, -0.2) is 54.6 Å². The van der Waals surface area contributed by atoms with E-state index in [2.05, 4.69) is 11.9 Å². The van der Waals surface area contributed by atoms with E-state index in [1.807, 2.05) is 0 Å². The Morgan fingerprint density at radius 1 is 1.28 bits per heavy atom. The van der Waals surface area contributed by atoms with Crippen molar-refractivity contribution in [3.8, 4) is 0 Å². The van der Waals surface area contributed by atoms with E-state index >= 15 is 0 Å². The fourth-order valence-electron chi connectivity index (χ4n) is 2.35. The molecule has 0 bridgehead atoms. The lowest BCUT2D eigenvalue weighted by Gasteiger charge is -2.30. The van der Waals surface area contributed by atoms with E-state index in [4.69, 9.17) is 4.74 Å². The van der Waals surface area contributed by atoms with Crippen LogP contribution >= 0.6 is 0 Å². The van der Waals surface area contributed by atoms with E-state index in [-0.39, 0.29) is 11.8 Å². The molecule has 0 aliphatic carbocycles. The highest BCUT2D eigenvalue weighted by Gasteiger charge is 2.29. The largest absolute Gasteiger partial charge is 0.358 e. The predicted octanol–water partition coefficient (Wildman–Crippen LogP) is 0.616. The quantitative estimate of drug-likeness (QED) is 0.688. The van der Waals surface area contributed by atoms with Crippen molar-refractivity contribution in [3.05, 3.63) is 12.2 Å². The third-order valence-electron chi connectivity index (χ3n) is 3.62. The molecule has 0 saturated carbocycles. The van der Waals surface area contributed by atoms with Crippen LogP contribution in [0.4, 0.5) is 0 Å². The number of likely N-dealkylation sites (tertiary alicyclic amines) is 1. The minimum atomic E-state index is -0.473. The van der Waals surface area contributed by atoms with Gasteiger partial charge in [0, 0.05) is 12.2 Å².